The summed E-state index contributed by atoms with van der Waals surface area (Å²) < 4.78 is 6.10. The predicted molar refractivity (Wildman–Crippen MR) is 130 cm³/mol. The minimum atomic E-state index is -0.0556. The number of aromatic nitrogens is 1. The molecule has 0 N–H and O–H groups in total. The molecule has 156 valence electrons. The van der Waals surface area contributed by atoms with Crippen molar-refractivity contribution in [1.82, 2.24) is 9.88 Å². The van der Waals surface area contributed by atoms with Gasteiger partial charge in [0.25, 0.3) is 5.91 Å². The van der Waals surface area contributed by atoms with Crippen LogP contribution in [0.5, 0.6) is 0 Å². The fourth-order valence-corrected chi connectivity index (χ4v) is 5.05. The van der Waals surface area contributed by atoms with Crippen LogP contribution in [-0.2, 0) is 16.1 Å². The molecule has 2 fully saturated rings. The molecule has 1 aromatic heterocycles. The third-order valence-corrected chi connectivity index (χ3v) is 6.76. The van der Waals surface area contributed by atoms with Crippen molar-refractivity contribution in [1.29, 1.82) is 0 Å². The number of pyridine rings is 1. The van der Waals surface area contributed by atoms with E-state index < -0.39 is 0 Å². The average molecular weight is 448 g/mol. The van der Waals surface area contributed by atoms with Crippen LogP contribution in [0.25, 0.3) is 17.0 Å². The van der Waals surface area contributed by atoms with Crippen molar-refractivity contribution in [3.8, 4) is 0 Å². The number of nitrogens with zero attached hydrogens (tertiary/aromatic N) is 3. The fourth-order valence-electron chi connectivity index (χ4n) is 3.80. The van der Waals surface area contributed by atoms with Crippen LogP contribution in [0.4, 0.5) is 5.82 Å². The Bertz CT molecular complexity index is 1170. The Morgan fingerprint density at radius 2 is 1.81 bits per heavy atom. The molecule has 7 heteroatoms. The summed E-state index contributed by atoms with van der Waals surface area (Å²) in [4.78, 5) is 22.6. The fraction of sp³-hybridized carbons (Fsp3) is 0.208. The highest BCUT2D eigenvalue weighted by atomic mass is 32.2. The molecular formula is C24H21N3O2S2. The maximum Gasteiger partial charge on any atom is 0.266 e. The number of carbonyl (C=O) groups excluding carboxylic acids is 1. The van der Waals surface area contributed by atoms with Crippen molar-refractivity contribution in [2.45, 2.75) is 6.54 Å². The van der Waals surface area contributed by atoms with Gasteiger partial charge in [0, 0.05) is 24.0 Å². The number of rotatable bonds is 4. The van der Waals surface area contributed by atoms with Gasteiger partial charge in [0.05, 0.1) is 30.2 Å². The van der Waals surface area contributed by atoms with Crippen LogP contribution >= 0.6 is 24.0 Å². The van der Waals surface area contributed by atoms with Gasteiger partial charge in [-0.2, -0.15) is 0 Å². The van der Waals surface area contributed by atoms with E-state index in [2.05, 4.69) is 11.0 Å². The van der Waals surface area contributed by atoms with E-state index in [4.69, 9.17) is 21.9 Å². The lowest BCUT2D eigenvalue weighted by atomic mass is 10.1. The van der Waals surface area contributed by atoms with Crippen molar-refractivity contribution >= 4 is 57.0 Å². The van der Waals surface area contributed by atoms with Crippen molar-refractivity contribution in [3.63, 3.8) is 0 Å². The maximum absolute atomic E-state index is 13.2. The van der Waals surface area contributed by atoms with Gasteiger partial charge in [-0.25, -0.2) is 4.98 Å². The first-order valence-corrected chi connectivity index (χ1v) is 11.4. The van der Waals surface area contributed by atoms with Crippen LogP contribution in [0, 0.1) is 0 Å². The summed E-state index contributed by atoms with van der Waals surface area (Å²) in [7, 11) is 0. The molecule has 2 saturated heterocycles. The molecule has 1 amide bonds. The molecule has 0 unspecified atom stereocenters. The number of benzene rings is 2. The Morgan fingerprint density at radius 1 is 1.06 bits per heavy atom. The summed E-state index contributed by atoms with van der Waals surface area (Å²) in [6.07, 6.45) is 1.94. The van der Waals surface area contributed by atoms with Gasteiger partial charge >= 0.3 is 0 Å². The second-order valence-corrected chi connectivity index (χ2v) is 9.12. The molecule has 0 saturated carbocycles. The number of hydrogen-bond donors (Lipinski definition) is 0. The quantitative estimate of drug-likeness (QED) is 0.434. The first kappa shape index (κ1) is 20.2. The molecule has 0 spiro atoms. The standard InChI is InChI=1S/C24H21N3O2S2/c28-23-21(31-24(30)27(23)16-17-6-2-1-3-7-17)15-19-14-18-8-4-5-9-20(18)25-22(19)26-10-12-29-13-11-26/h1-9,14-15H,10-13,16H2/b21-15-. The number of ether oxygens (including phenoxy) is 1. The Labute approximate surface area is 190 Å². The van der Waals surface area contributed by atoms with Crippen LogP contribution in [0.1, 0.15) is 11.1 Å². The number of anilines is 1. The maximum atomic E-state index is 13.2. The Morgan fingerprint density at radius 3 is 2.61 bits per heavy atom. The Balaban J connectivity index is 1.51. The average Bonchev–Trinajstić information content (AvgIpc) is 3.07. The smallest absolute Gasteiger partial charge is 0.266 e. The lowest BCUT2D eigenvalue weighted by molar-refractivity contribution is -0.122. The van der Waals surface area contributed by atoms with Crippen molar-refractivity contribution in [2.75, 3.05) is 31.2 Å². The van der Waals surface area contributed by atoms with E-state index >= 15 is 0 Å². The highest BCUT2D eigenvalue weighted by molar-refractivity contribution is 8.26. The second kappa shape index (κ2) is 8.78. The van der Waals surface area contributed by atoms with Crippen LogP contribution in [0.3, 0.4) is 0 Å². The van der Waals surface area contributed by atoms with E-state index in [1.807, 2.05) is 60.7 Å². The van der Waals surface area contributed by atoms with Gasteiger partial charge in [0.2, 0.25) is 0 Å². The van der Waals surface area contributed by atoms with Crippen LogP contribution in [-0.4, -0.2) is 46.4 Å². The summed E-state index contributed by atoms with van der Waals surface area (Å²) in [6, 6.07) is 20.1. The molecule has 2 aliphatic heterocycles. The number of amides is 1. The van der Waals surface area contributed by atoms with Gasteiger partial charge in [-0.3, -0.25) is 9.69 Å². The van der Waals surface area contributed by atoms with E-state index in [1.165, 1.54) is 11.8 Å². The molecule has 2 aromatic carbocycles. The van der Waals surface area contributed by atoms with E-state index in [1.54, 1.807) is 4.90 Å². The van der Waals surface area contributed by atoms with E-state index in [-0.39, 0.29) is 5.91 Å². The minimum absolute atomic E-state index is 0.0556. The number of hydrogen-bond acceptors (Lipinski definition) is 6. The molecule has 3 heterocycles. The highest BCUT2D eigenvalue weighted by Gasteiger charge is 2.32. The summed E-state index contributed by atoms with van der Waals surface area (Å²) in [5.41, 5.74) is 2.93. The topological polar surface area (TPSA) is 45.7 Å². The number of thiocarbonyl (C=S) groups is 1. The van der Waals surface area contributed by atoms with Crippen LogP contribution in [0.2, 0.25) is 0 Å². The van der Waals surface area contributed by atoms with E-state index in [9.17, 15) is 4.79 Å². The van der Waals surface area contributed by atoms with Gasteiger partial charge in [-0.1, -0.05) is 72.5 Å². The first-order chi connectivity index (χ1) is 15.2. The molecule has 5 rings (SSSR count). The van der Waals surface area contributed by atoms with Gasteiger partial charge in [-0.15, -0.1) is 0 Å². The number of fused-ring (bicyclic) bond motifs is 1. The summed E-state index contributed by atoms with van der Waals surface area (Å²) in [5.74, 6) is 0.829. The molecule has 3 aromatic rings. The van der Waals surface area contributed by atoms with Gasteiger partial charge in [0.1, 0.15) is 10.1 Å². The number of morpholine rings is 1. The molecular weight excluding hydrogens is 426 g/mol. The number of carbonyl (C=O) groups is 1. The van der Waals surface area contributed by atoms with Crippen molar-refractivity contribution in [2.24, 2.45) is 0 Å². The molecule has 0 bridgehead atoms. The third-order valence-electron chi connectivity index (χ3n) is 5.39. The van der Waals surface area contributed by atoms with Crippen molar-refractivity contribution < 1.29 is 9.53 Å². The Hall–Kier alpha value is -2.74. The third kappa shape index (κ3) is 4.21. The number of para-hydroxylation sites is 1. The van der Waals surface area contributed by atoms with Gasteiger partial charge in [0.15, 0.2) is 0 Å². The molecule has 31 heavy (non-hydrogen) atoms. The first-order valence-electron chi connectivity index (χ1n) is 10.2. The molecule has 0 radical (unpaired) electrons. The predicted octanol–water partition coefficient (Wildman–Crippen LogP) is 4.47. The Kier molecular flexibility index (Phi) is 5.72. The molecule has 0 atom stereocenters. The van der Waals surface area contributed by atoms with Gasteiger partial charge < -0.3 is 9.64 Å². The van der Waals surface area contributed by atoms with Crippen LogP contribution in [0.15, 0.2) is 65.6 Å². The SMILES string of the molecule is O=C1/C(=C/c2cc3ccccc3nc2N2CCOCC2)SC(=S)N1Cc1ccccc1. The van der Waals surface area contributed by atoms with Gasteiger partial charge in [-0.05, 0) is 23.8 Å². The summed E-state index contributed by atoms with van der Waals surface area (Å²) in [6.45, 7) is 3.39. The van der Waals surface area contributed by atoms with E-state index in [0.29, 0.717) is 29.0 Å². The van der Waals surface area contributed by atoms with Crippen molar-refractivity contribution in [3.05, 3.63) is 76.7 Å². The second-order valence-electron chi connectivity index (χ2n) is 7.45. The normalized spacial score (nSPS) is 18.4. The van der Waals surface area contributed by atoms with Crippen LogP contribution < -0.4 is 4.90 Å². The monoisotopic (exact) mass is 447 g/mol. The summed E-state index contributed by atoms with van der Waals surface area (Å²) >= 11 is 6.88. The zero-order chi connectivity index (χ0) is 21.2. The largest absolute Gasteiger partial charge is 0.378 e. The lowest BCUT2D eigenvalue weighted by Crippen LogP contribution is -2.37. The summed E-state index contributed by atoms with van der Waals surface area (Å²) in [5, 5.41) is 1.05. The minimum Gasteiger partial charge on any atom is -0.378 e. The lowest BCUT2D eigenvalue weighted by Gasteiger charge is -2.29. The molecule has 2 aliphatic rings. The van der Waals surface area contributed by atoms with E-state index in [0.717, 1.165) is 40.9 Å². The number of thioether (sulfide) groups is 1. The highest BCUT2D eigenvalue weighted by Crippen LogP contribution is 2.36. The molecule has 0 aliphatic carbocycles. The zero-order valence-electron chi connectivity index (χ0n) is 16.9. The zero-order valence-corrected chi connectivity index (χ0v) is 18.5. The molecule has 5 nitrogen and oxygen atoms in total.